The van der Waals surface area contributed by atoms with Gasteiger partial charge in [0, 0.05) is 11.9 Å². The van der Waals surface area contributed by atoms with Gasteiger partial charge in [-0.15, -0.1) is 11.3 Å². The molecule has 4 rings (SSSR count). The number of aryl methyl sites for hydroxylation is 1. The summed E-state index contributed by atoms with van der Waals surface area (Å²) in [5.74, 6) is 0.522. The average Bonchev–Trinajstić information content (AvgIpc) is 3.06. The first-order valence-corrected chi connectivity index (χ1v) is 9.57. The van der Waals surface area contributed by atoms with Gasteiger partial charge in [0.05, 0.1) is 34.2 Å². The van der Waals surface area contributed by atoms with Crippen molar-refractivity contribution in [2.24, 2.45) is 0 Å². The highest BCUT2D eigenvalue weighted by molar-refractivity contribution is 7.09. The van der Waals surface area contributed by atoms with E-state index in [1.165, 1.54) is 6.33 Å². The van der Waals surface area contributed by atoms with E-state index < -0.39 is 0 Å². The molecule has 7 nitrogen and oxygen atoms in total. The van der Waals surface area contributed by atoms with Crippen molar-refractivity contribution in [2.75, 3.05) is 12.3 Å². The highest BCUT2D eigenvalue weighted by atomic mass is 32.1. The van der Waals surface area contributed by atoms with Crippen molar-refractivity contribution in [3.05, 3.63) is 40.2 Å². The van der Waals surface area contributed by atoms with Crippen molar-refractivity contribution in [3.8, 4) is 0 Å². The first-order chi connectivity index (χ1) is 12.6. The van der Waals surface area contributed by atoms with Crippen LogP contribution in [0, 0.1) is 6.92 Å². The van der Waals surface area contributed by atoms with Crippen LogP contribution in [0.3, 0.4) is 0 Å². The third-order valence-electron chi connectivity index (χ3n) is 4.71. The summed E-state index contributed by atoms with van der Waals surface area (Å²) in [5, 5.41) is 3.68. The fourth-order valence-corrected chi connectivity index (χ4v) is 4.06. The van der Waals surface area contributed by atoms with Gasteiger partial charge >= 0.3 is 0 Å². The Morgan fingerprint density at radius 3 is 3.00 bits per heavy atom. The quantitative estimate of drug-likeness (QED) is 0.763. The predicted octanol–water partition coefficient (Wildman–Crippen LogP) is 2.67. The van der Waals surface area contributed by atoms with Crippen molar-refractivity contribution >= 4 is 34.1 Å². The number of pyridine rings is 1. The van der Waals surface area contributed by atoms with Gasteiger partial charge in [-0.25, -0.2) is 19.9 Å². The topological polar surface area (TPSA) is 97.9 Å². The van der Waals surface area contributed by atoms with Crippen molar-refractivity contribution in [2.45, 2.75) is 38.6 Å². The maximum Gasteiger partial charge on any atom is 0.229 e. The lowest BCUT2D eigenvalue weighted by molar-refractivity contribution is -0.134. The van der Waals surface area contributed by atoms with Crippen LogP contribution >= 0.6 is 11.3 Å². The summed E-state index contributed by atoms with van der Waals surface area (Å²) in [7, 11) is 0. The molecule has 134 valence electrons. The summed E-state index contributed by atoms with van der Waals surface area (Å²) in [6.45, 7) is 2.70. The Balaban J connectivity index is 1.61. The lowest BCUT2D eigenvalue weighted by atomic mass is 9.98. The summed E-state index contributed by atoms with van der Waals surface area (Å²) in [4.78, 5) is 32.1. The number of fused-ring (bicyclic) bond motifs is 1. The highest BCUT2D eigenvalue weighted by Gasteiger charge is 2.29. The minimum atomic E-state index is -0.0310. The van der Waals surface area contributed by atoms with E-state index in [0.29, 0.717) is 17.9 Å². The zero-order chi connectivity index (χ0) is 18.1. The van der Waals surface area contributed by atoms with Gasteiger partial charge in [0.2, 0.25) is 5.91 Å². The minimum Gasteiger partial charge on any atom is -0.383 e. The summed E-state index contributed by atoms with van der Waals surface area (Å²) >= 11 is 1.57. The number of piperidine rings is 1. The van der Waals surface area contributed by atoms with E-state index in [1.54, 1.807) is 11.3 Å². The van der Waals surface area contributed by atoms with Crippen molar-refractivity contribution in [1.82, 2.24) is 24.8 Å². The molecule has 2 N–H and O–H groups in total. The Kier molecular flexibility index (Phi) is 4.50. The van der Waals surface area contributed by atoms with Crippen LogP contribution in [0.15, 0.2) is 23.8 Å². The van der Waals surface area contributed by atoms with Gasteiger partial charge < -0.3 is 10.6 Å². The maximum absolute atomic E-state index is 12.9. The second-order valence-electron chi connectivity index (χ2n) is 6.50. The lowest BCUT2D eigenvalue weighted by Crippen LogP contribution is -2.39. The molecule has 1 aliphatic heterocycles. The van der Waals surface area contributed by atoms with E-state index in [2.05, 4.69) is 19.9 Å². The molecule has 1 aliphatic rings. The van der Waals surface area contributed by atoms with Gasteiger partial charge in [0.25, 0.3) is 0 Å². The van der Waals surface area contributed by atoms with Crippen LogP contribution in [-0.2, 0) is 11.2 Å². The number of nitrogen functional groups attached to an aromatic ring is 1. The molecular formula is C18H20N6OS. The molecule has 0 unspecified atom stereocenters. The van der Waals surface area contributed by atoms with Crippen LogP contribution in [0.1, 0.15) is 41.7 Å². The molecule has 1 saturated heterocycles. The molecular weight excluding hydrogens is 348 g/mol. The zero-order valence-corrected chi connectivity index (χ0v) is 15.4. The first kappa shape index (κ1) is 16.8. The molecule has 1 fully saturated rings. The Morgan fingerprint density at radius 1 is 1.31 bits per heavy atom. The van der Waals surface area contributed by atoms with Gasteiger partial charge in [0.15, 0.2) is 5.65 Å². The van der Waals surface area contributed by atoms with Crippen LogP contribution in [0.4, 0.5) is 5.82 Å². The standard InChI is InChI=1S/C18H20N6OS/c1-11-22-12(9-26-11)8-16(25)24-7-3-2-4-15(24)14-6-5-13-17(19)20-10-21-18(13)23-14/h5-6,9-10,15H,2-4,7-8H2,1H3,(H2,19,20,21,23)/t15-/m0/s1. The molecule has 0 aromatic carbocycles. The Labute approximate surface area is 155 Å². The molecule has 0 aliphatic carbocycles. The van der Waals surface area contributed by atoms with E-state index in [-0.39, 0.29) is 11.9 Å². The summed E-state index contributed by atoms with van der Waals surface area (Å²) < 4.78 is 0. The average molecular weight is 368 g/mol. The van der Waals surface area contributed by atoms with E-state index in [0.717, 1.165) is 47.6 Å². The van der Waals surface area contributed by atoms with Crippen molar-refractivity contribution in [1.29, 1.82) is 0 Å². The maximum atomic E-state index is 12.9. The molecule has 1 amide bonds. The number of hydrogen-bond donors (Lipinski definition) is 1. The largest absolute Gasteiger partial charge is 0.383 e. The van der Waals surface area contributed by atoms with E-state index in [1.807, 2.05) is 29.3 Å². The van der Waals surface area contributed by atoms with Gasteiger partial charge in [0.1, 0.15) is 12.1 Å². The number of amides is 1. The molecule has 0 spiro atoms. The SMILES string of the molecule is Cc1nc(CC(=O)N2CCCC[C@H]2c2ccc3c(N)ncnc3n2)cs1. The highest BCUT2D eigenvalue weighted by Crippen LogP contribution is 2.31. The summed E-state index contributed by atoms with van der Waals surface area (Å²) in [6.07, 6.45) is 4.75. The van der Waals surface area contributed by atoms with Gasteiger partial charge in [-0.3, -0.25) is 4.79 Å². The Bertz CT molecular complexity index is 956. The Morgan fingerprint density at radius 2 is 2.19 bits per heavy atom. The van der Waals surface area contributed by atoms with Crippen molar-refractivity contribution < 1.29 is 4.79 Å². The summed E-state index contributed by atoms with van der Waals surface area (Å²) in [5.41, 5.74) is 8.16. The number of carbonyl (C=O) groups is 1. The number of hydrogen-bond acceptors (Lipinski definition) is 7. The third-order valence-corrected chi connectivity index (χ3v) is 5.54. The molecule has 3 aromatic heterocycles. The normalized spacial score (nSPS) is 17.6. The number of likely N-dealkylation sites (tertiary alicyclic amines) is 1. The number of carbonyl (C=O) groups excluding carboxylic acids is 1. The van der Waals surface area contributed by atoms with Crippen LogP contribution in [0.5, 0.6) is 0 Å². The molecule has 26 heavy (non-hydrogen) atoms. The monoisotopic (exact) mass is 368 g/mol. The number of anilines is 1. The molecule has 0 bridgehead atoms. The smallest absolute Gasteiger partial charge is 0.229 e. The van der Waals surface area contributed by atoms with E-state index in [9.17, 15) is 4.79 Å². The third kappa shape index (κ3) is 3.24. The lowest BCUT2D eigenvalue weighted by Gasteiger charge is -2.35. The Hall–Kier alpha value is -2.61. The second-order valence-corrected chi connectivity index (χ2v) is 7.56. The van der Waals surface area contributed by atoms with Crippen LogP contribution in [0.2, 0.25) is 0 Å². The van der Waals surface area contributed by atoms with Gasteiger partial charge in [-0.2, -0.15) is 0 Å². The molecule has 1 atom stereocenters. The molecule has 8 heteroatoms. The molecule has 0 saturated carbocycles. The molecule has 3 aromatic rings. The zero-order valence-electron chi connectivity index (χ0n) is 14.6. The number of nitrogens with two attached hydrogens (primary N) is 1. The predicted molar refractivity (Wildman–Crippen MR) is 101 cm³/mol. The number of thiazole rings is 1. The number of nitrogens with zero attached hydrogens (tertiary/aromatic N) is 5. The van der Waals surface area contributed by atoms with Gasteiger partial charge in [-0.05, 0) is 38.3 Å². The summed E-state index contributed by atoms with van der Waals surface area (Å²) in [6, 6.07) is 3.80. The van der Waals surface area contributed by atoms with E-state index >= 15 is 0 Å². The number of rotatable bonds is 3. The fraction of sp³-hybridized carbons (Fsp3) is 0.389. The molecule has 4 heterocycles. The minimum absolute atomic E-state index is 0.0310. The second kappa shape index (κ2) is 6.95. The van der Waals surface area contributed by atoms with Crippen molar-refractivity contribution in [3.63, 3.8) is 0 Å². The number of aromatic nitrogens is 4. The van der Waals surface area contributed by atoms with E-state index in [4.69, 9.17) is 5.73 Å². The van der Waals surface area contributed by atoms with Gasteiger partial charge in [-0.1, -0.05) is 0 Å². The van der Waals surface area contributed by atoms with Crippen LogP contribution < -0.4 is 5.73 Å². The van der Waals surface area contributed by atoms with Crippen LogP contribution in [0.25, 0.3) is 11.0 Å². The fourth-order valence-electron chi connectivity index (χ4n) is 3.45. The molecule has 0 radical (unpaired) electrons. The van der Waals surface area contributed by atoms with Crippen LogP contribution in [-0.4, -0.2) is 37.3 Å². The first-order valence-electron chi connectivity index (χ1n) is 8.69.